The van der Waals surface area contributed by atoms with Gasteiger partial charge in [-0.25, -0.2) is 5.10 Å². The Kier molecular flexibility index (Phi) is 2.92. The van der Waals surface area contributed by atoms with Crippen molar-refractivity contribution in [2.24, 2.45) is 5.92 Å². The van der Waals surface area contributed by atoms with Gasteiger partial charge in [-0.3, -0.25) is 9.59 Å². The van der Waals surface area contributed by atoms with Gasteiger partial charge < -0.3 is 4.90 Å². The third-order valence-electron chi connectivity index (χ3n) is 4.24. The smallest absolute Gasteiger partial charge is 0.274 e. The number of carbonyl (C=O) groups is 1. The molecule has 1 atom stereocenters. The van der Waals surface area contributed by atoms with Crippen molar-refractivity contribution in [3.8, 4) is 0 Å². The molecule has 0 bridgehead atoms. The minimum Gasteiger partial charge on any atom is -0.330 e. The summed E-state index contributed by atoms with van der Waals surface area (Å²) in [5.74, 6) is 0.491. The van der Waals surface area contributed by atoms with Crippen LogP contribution in [0, 0.1) is 5.92 Å². The van der Waals surface area contributed by atoms with Crippen molar-refractivity contribution in [3.05, 3.63) is 50.1 Å². The van der Waals surface area contributed by atoms with Gasteiger partial charge in [-0.2, -0.15) is 5.10 Å². The second-order valence-electron chi connectivity index (χ2n) is 5.64. The molecule has 5 nitrogen and oxygen atoms in total. The van der Waals surface area contributed by atoms with E-state index in [1.165, 1.54) is 35.4 Å². The van der Waals surface area contributed by atoms with E-state index in [1.54, 1.807) is 11.3 Å². The van der Waals surface area contributed by atoms with E-state index in [4.69, 9.17) is 0 Å². The summed E-state index contributed by atoms with van der Waals surface area (Å²) in [4.78, 5) is 27.2. The third-order valence-corrected chi connectivity index (χ3v) is 5.24. The molecule has 21 heavy (non-hydrogen) atoms. The number of aromatic nitrogens is 2. The zero-order valence-corrected chi connectivity index (χ0v) is 12.2. The Morgan fingerprint density at radius 1 is 1.33 bits per heavy atom. The summed E-state index contributed by atoms with van der Waals surface area (Å²) < 4.78 is 0. The van der Waals surface area contributed by atoms with Gasteiger partial charge in [0.1, 0.15) is 5.69 Å². The zero-order valence-electron chi connectivity index (χ0n) is 11.4. The summed E-state index contributed by atoms with van der Waals surface area (Å²) >= 11 is 1.78. The monoisotopic (exact) mass is 301 g/mol. The van der Waals surface area contributed by atoms with E-state index in [1.807, 2.05) is 4.90 Å². The quantitative estimate of drug-likeness (QED) is 0.922. The second kappa shape index (κ2) is 4.80. The van der Waals surface area contributed by atoms with Crippen molar-refractivity contribution < 1.29 is 4.79 Å². The Morgan fingerprint density at radius 3 is 2.90 bits per heavy atom. The summed E-state index contributed by atoms with van der Waals surface area (Å²) in [6.45, 7) is 0.730. The number of rotatable bonds is 2. The number of aromatic amines is 1. The first kappa shape index (κ1) is 12.8. The molecule has 6 heteroatoms. The first-order valence-electron chi connectivity index (χ1n) is 7.17. The highest BCUT2D eigenvalue weighted by Crippen LogP contribution is 2.48. The fourth-order valence-electron chi connectivity index (χ4n) is 3.11. The molecule has 0 saturated heterocycles. The summed E-state index contributed by atoms with van der Waals surface area (Å²) in [5, 5.41) is 8.35. The molecule has 1 aliphatic heterocycles. The molecule has 0 radical (unpaired) electrons. The molecule has 1 N–H and O–H groups in total. The summed E-state index contributed by atoms with van der Waals surface area (Å²) in [5.41, 5.74) is 1.34. The molecule has 2 aliphatic rings. The second-order valence-corrected chi connectivity index (χ2v) is 6.64. The Hall–Kier alpha value is -1.95. The van der Waals surface area contributed by atoms with Crippen LogP contribution in [0.3, 0.4) is 0 Å². The first-order valence-corrected chi connectivity index (χ1v) is 8.05. The number of nitrogens with one attached hydrogen (secondary N) is 1. The topological polar surface area (TPSA) is 66.1 Å². The lowest BCUT2D eigenvalue weighted by molar-refractivity contribution is 0.0629. The van der Waals surface area contributed by atoms with Crippen molar-refractivity contribution in [1.82, 2.24) is 15.1 Å². The molecule has 0 spiro atoms. The van der Waals surface area contributed by atoms with Crippen LogP contribution in [0.4, 0.5) is 0 Å². The first-order chi connectivity index (χ1) is 10.2. The minimum absolute atomic E-state index is 0.0833. The van der Waals surface area contributed by atoms with Crippen LogP contribution in [0.5, 0.6) is 0 Å². The predicted octanol–water partition coefficient (Wildman–Crippen LogP) is 1.98. The number of nitrogens with zero attached hydrogens (tertiary/aromatic N) is 2. The maximum absolute atomic E-state index is 12.7. The Bertz CT molecular complexity index is 727. The van der Waals surface area contributed by atoms with E-state index in [0.717, 1.165) is 13.0 Å². The minimum atomic E-state index is -0.288. The lowest BCUT2D eigenvalue weighted by Crippen LogP contribution is -2.41. The molecular formula is C15H15N3O2S. The number of thiophene rings is 1. The van der Waals surface area contributed by atoms with Gasteiger partial charge in [-0.05, 0) is 48.3 Å². The molecule has 1 aliphatic carbocycles. The van der Waals surface area contributed by atoms with Crippen molar-refractivity contribution in [2.75, 3.05) is 6.54 Å². The fraction of sp³-hybridized carbons (Fsp3) is 0.400. The molecule has 1 fully saturated rings. The number of fused-ring (bicyclic) bond motifs is 1. The van der Waals surface area contributed by atoms with Gasteiger partial charge in [0.05, 0.1) is 6.04 Å². The SMILES string of the molecule is O=C(c1ccc(=O)[nH]n1)N1CCc2sccc2C1C1CC1. The molecule has 4 rings (SSSR count). The van der Waals surface area contributed by atoms with Gasteiger partial charge in [-0.1, -0.05) is 0 Å². The highest BCUT2D eigenvalue weighted by molar-refractivity contribution is 7.10. The Morgan fingerprint density at radius 2 is 2.19 bits per heavy atom. The van der Waals surface area contributed by atoms with Crippen LogP contribution < -0.4 is 5.56 Å². The number of hydrogen-bond acceptors (Lipinski definition) is 4. The number of H-pyrrole nitrogens is 1. The van der Waals surface area contributed by atoms with Gasteiger partial charge in [-0.15, -0.1) is 11.3 Å². The van der Waals surface area contributed by atoms with Crippen LogP contribution in [0.2, 0.25) is 0 Å². The fourth-order valence-corrected chi connectivity index (χ4v) is 4.02. The van der Waals surface area contributed by atoms with Crippen LogP contribution in [-0.2, 0) is 6.42 Å². The predicted molar refractivity (Wildman–Crippen MR) is 79.4 cm³/mol. The average molecular weight is 301 g/mol. The number of carbonyl (C=O) groups excluding carboxylic acids is 1. The van der Waals surface area contributed by atoms with E-state index in [9.17, 15) is 9.59 Å². The van der Waals surface area contributed by atoms with Crippen molar-refractivity contribution in [1.29, 1.82) is 0 Å². The van der Waals surface area contributed by atoms with Crippen LogP contribution in [0.1, 0.15) is 39.8 Å². The third kappa shape index (κ3) is 2.19. The molecule has 3 heterocycles. The largest absolute Gasteiger partial charge is 0.330 e. The Labute approximate surface area is 125 Å². The van der Waals surface area contributed by atoms with Crippen LogP contribution in [0.15, 0.2) is 28.4 Å². The molecule has 1 unspecified atom stereocenters. The Balaban J connectivity index is 1.69. The standard InChI is InChI=1S/C15H15N3O2S/c19-13-4-3-11(16-17-13)15(20)18-7-5-12-10(6-8-21-12)14(18)9-1-2-9/h3-4,6,8-9,14H,1-2,5,7H2,(H,17,19). The highest BCUT2D eigenvalue weighted by Gasteiger charge is 2.42. The molecule has 2 aromatic heterocycles. The van der Waals surface area contributed by atoms with E-state index in [-0.39, 0.29) is 17.5 Å². The summed E-state index contributed by atoms with van der Waals surface area (Å²) in [6, 6.07) is 5.20. The number of amides is 1. The summed E-state index contributed by atoms with van der Waals surface area (Å²) in [7, 11) is 0. The van der Waals surface area contributed by atoms with Gasteiger partial charge in [0, 0.05) is 17.5 Å². The van der Waals surface area contributed by atoms with Crippen LogP contribution in [-0.4, -0.2) is 27.5 Å². The van der Waals surface area contributed by atoms with Gasteiger partial charge in [0.2, 0.25) is 0 Å². The van der Waals surface area contributed by atoms with Crippen molar-refractivity contribution in [2.45, 2.75) is 25.3 Å². The zero-order chi connectivity index (χ0) is 14.4. The number of hydrogen-bond donors (Lipinski definition) is 1. The molecule has 1 amide bonds. The van der Waals surface area contributed by atoms with Crippen molar-refractivity contribution in [3.63, 3.8) is 0 Å². The summed E-state index contributed by atoms with van der Waals surface area (Å²) in [6.07, 6.45) is 3.27. The van der Waals surface area contributed by atoms with Crippen LogP contribution >= 0.6 is 11.3 Å². The normalized spacial score (nSPS) is 21.1. The van der Waals surface area contributed by atoms with Gasteiger partial charge in [0.15, 0.2) is 0 Å². The van der Waals surface area contributed by atoms with Gasteiger partial charge >= 0.3 is 0 Å². The lowest BCUT2D eigenvalue weighted by Gasteiger charge is -2.36. The maximum atomic E-state index is 12.7. The van der Waals surface area contributed by atoms with E-state index in [2.05, 4.69) is 21.6 Å². The molecular weight excluding hydrogens is 286 g/mol. The lowest BCUT2D eigenvalue weighted by atomic mass is 9.95. The molecule has 0 aromatic carbocycles. The highest BCUT2D eigenvalue weighted by atomic mass is 32.1. The molecule has 1 saturated carbocycles. The molecule has 108 valence electrons. The van der Waals surface area contributed by atoms with E-state index >= 15 is 0 Å². The van der Waals surface area contributed by atoms with Crippen molar-refractivity contribution >= 4 is 17.2 Å². The van der Waals surface area contributed by atoms with E-state index < -0.39 is 0 Å². The molecule has 2 aromatic rings. The average Bonchev–Trinajstić information content (AvgIpc) is 3.22. The maximum Gasteiger partial charge on any atom is 0.274 e. The van der Waals surface area contributed by atoms with Gasteiger partial charge in [0.25, 0.3) is 11.5 Å². The van der Waals surface area contributed by atoms with Crippen LogP contribution in [0.25, 0.3) is 0 Å². The van der Waals surface area contributed by atoms with E-state index in [0.29, 0.717) is 11.6 Å².